The van der Waals surface area contributed by atoms with E-state index in [1.54, 1.807) is 0 Å². The molecule has 3 heteroatoms. The van der Waals surface area contributed by atoms with Gasteiger partial charge in [0.2, 0.25) is 0 Å². The molecule has 1 aromatic carbocycles. The average molecular weight is 210 g/mol. The molecule has 0 bridgehead atoms. The number of hydrogen-bond donors (Lipinski definition) is 0. The first-order chi connectivity index (χ1) is 6.42. The van der Waals surface area contributed by atoms with Crippen molar-refractivity contribution in [3.63, 3.8) is 0 Å². The van der Waals surface area contributed by atoms with Crippen molar-refractivity contribution >= 4 is 29.8 Å². The summed E-state index contributed by atoms with van der Waals surface area (Å²) in [7, 11) is 0. The van der Waals surface area contributed by atoms with Gasteiger partial charge in [-0.05, 0) is 5.56 Å². The van der Waals surface area contributed by atoms with Gasteiger partial charge in [-0.15, -0.1) is 23.5 Å². The van der Waals surface area contributed by atoms with Gasteiger partial charge in [-0.1, -0.05) is 24.3 Å². The number of hydrogen-bond acceptors (Lipinski definition) is 3. The van der Waals surface area contributed by atoms with Crippen molar-refractivity contribution in [2.75, 3.05) is 11.5 Å². The molecule has 68 valence electrons. The highest BCUT2D eigenvalue weighted by atomic mass is 32.2. The SMILES string of the molecule is O=Cc1ccccc1C1SCCS1. The van der Waals surface area contributed by atoms with E-state index in [1.165, 1.54) is 17.1 Å². The predicted octanol–water partition coefficient (Wildman–Crippen LogP) is 2.98. The van der Waals surface area contributed by atoms with Crippen LogP contribution in [0.5, 0.6) is 0 Å². The monoisotopic (exact) mass is 210 g/mol. The summed E-state index contributed by atoms with van der Waals surface area (Å²) in [6.45, 7) is 0. The normalized spacial score (nSPS) is 17.5. The van der Waals surface area contributed by atoms with Gasteiger partial charge in [0.1, 0.15) is 6.29 Å². The third kappa shape index (κ3) is 1.92. The summed E-state index contributed by atoms with van der Waals surface area (Å²) in [5, 5.41) is 0. The van der Waals surface area contributed by atoms with Crippen LogP contribution in [0.3, 0.4) is 0 Å². The zero-order valence-corrected chi connectivity index (χ0v) is 8.74. The average Bonchev–Trinajstić information content (AvgIpc) is 2.70. The van der Waals surface area contributed by atoms with Crippen LogP contribution in [0, 0.1) is 0 Å². The molecule has 0 aliphatic carbocycles. The molecule has 1 saturated heterocycles. The van der Waals surface area contributed by atoms with Gasteiger partial charge in [-0.3, -0.25) is 4.79 Å². The smallest absolute Gasteiger partial charge is 0.150 e. The molecule has 1 nitrogen and oxygen atoms in total. The Bertz CT molecular complexity index is 306. The van der Waals surface area contributed by atoms with Crippen LogP contribution >= 0.6 is 23.5 Å². The first-order valence-corrected chi connectivity index (χ1v) is 6.29. The number of carbonyl (C=O) groups excluding carboxylic acids is 1. The summed E-state index contributed by atoms with van der Waals surface area (Å²) in [4.78, 5) is 10.8. The van der Waals surface area contributed by atoms with Gasteiger partial charge in [-0.2, -0.15) is 0 Å². The number of benzene rings is 1. The van der Waals surface area contributed by atoms with E-state index in [0.29, 0.717) is 4.58 Å². The van der Waals surface area contributed by atoms with Crippen molar-refractivity contribution in [3.8, 4) is 0 Å². The Kier molecular flexibility index (Phi) is 2.96. The second-order valence-electron chi connectivity index (χ2n) is 2.82. The van der Waals surface area contributed by atoms with E-state index in [-0.39, 0.29) is 0 Å². The number of carbonyl (C=O) groups is 1. The van der Waals surface area contributed by atoms with Crippen molar-refractivity contribution in [1.82, 2.24) is 0 Å². The molecule has 1 aliphatic heterocycles. The Morgan fingerprint density at radius 3 is 2.62 bits per heavy atom. The lowest BCUT2D eigenvalue weighted by Gasteiger charge is -2.09. The molecular formula is C10H10OS2. The van der Waals surface area contributed by atoms with Crippen LogP contribution in [0.25, 0.3) is 0 Å². The number of rotatable bonds is 2. The van der Waals surface area contributed by atoms with Gasteiger partial charge in [-0.25, -0.2) is 0 Å². The molecule has 1 fully saturated rings. The van der Waals surface area contributed by atoms with Crippen molar-refractivity contribution in [3.05, 3.63) is 35.4 Å². The quantitative estimate of drug-likeness (QED) is 0.699. The first-order valence-electron chi connectivity index (χ1n) is 4.19. The van der Waals surface area contributed by atoms with Gasteiger partial charge >= 0.3 is 0 Å². The molecule has 2 rings (SSSR count). The highest BCUT2D eigenvalue weighted by Crippen LogP contribution is 2.45. The van der Waals surface area contributed by atoms with E-state index in [9.17, 15) is 4.79 Å². The Balaban J connectivity index is 2.31. The largest absolute Gasteiger partial charge is 0.298 e. The van der Waals surface area contributed by atoms with Gasteiger partial charge < -0.3 is 0 Å². The zero-order chi connectivity index (χ0) is 9.10. The summed E-state index contributed by atoms with van der Waals surface area (Å²) in [5.41, 5.74) is 2.03. The molecule has 0 atom stereocenters. The van der Waals surface area contributed by atoms with Crippen molar-refractivity contribution in [2.24, 2.45) is 0 Å². The van der Waals surface area contributed by atoms with Crippen molar-refractivity contribution < 1.29 is 4.79 Å². The molecule has 0 aromatic heterocycles. The van der Waals surface area contributed by atoms with E-state index in [1.807, 2.05) is 41.7 Å². The van der Waals surface area contributed by atoms with Crippen LogP contribution in [-0.2, 0) is 0 Å². The molecule has 0 radical (unpaired) electrons. The predicted molar refractivity (Wildman–Crippen MR) is 59.5 cm³/mol. The van der Waals surface area contributed by atoms with E-state index in [2.05, 4.69) is 6.07 Å². The van der Waals surface area contributed by atoms with Gasteiger partial charge in [0, 0.05) is 17.1 Å². The standard InChI is InChI=1S/C10H10OS2/c11-7-8-3-1-2-4-9(8)10-12-5-6-13-10/h1-4,7,10H,5-6H2. The van der Waals surface area contributed by atoms with Crippen LogP contribution in [-0.4, -0.2) is 17.8 Å². The van der Waals surface area contributed by atoms with Crippen LogP contribution < -0.4 is 0 Å². The van der Waals surface area contributed by atoms with E-state index in [4.69, 9.17) is 0 Å². The summed E-state index contributed by atoms with van der Waals surface area (Å²) >= 11 is 3.86. The lowest BCUT2D eigenvalue weighted by atomic mass is 10.1. The maximum Gasteiger partial charge on any atom is 0.150 e. The molecule has 1 aromatic rings. The van der Waals surface area contributed by atoms with Crippen LogP contribution in [0.2, 0.25) is 0 Å². The van der Waals surface area contributed by atoms with Crippen LogP contribution in [0.1, 0.15) is 20.5 Å². The topological polar surface area (TPSA) is 17.1 Å². The maximum atomic E-state index is 10.8. The molecule has 0 N–H and O–H groups in total. The van der Waals surface area contributed by atoms with Crippen LogP contribution in [0.15, 0.2) is 24.3 Å². The van der Waals surface area contributed by atoms with Gasteiger partial charge in [0.25, 0.3) is 0 Å². The van der Waals surface area contributed by atoms with Crippen molar-refractivity contribution in [1.29, 1.82) is 0 Å². The van der Waals surface area contributed by atoms with E-state index >= 15 is 0 Å². The van der Waals surface area contributed by atoms with Crippen molar-refractivity contribution in [2.45, 2.75) is 4.58 Å². The minimum Gasteiger partial charge on any atom is -0.298 e. The maximum absolute atomic E-state index is 10.8. The Morgan fingerprint density at radius 2 is 1.92 bits per heavy atom. The molecule has 0 amide bonds. The fraction of sp³-hybridized carbons (Fsp3) is 0.300. The van der Waals surface area contributed by atoms with E-state index < -0.39 is 0 Å². The molecular weight excluding hydrogens is 200 g/mol. The summed E-state index contributed by atoms with van der Waals surface area (Å²) in [5.74, 6) is 2.39. The Hall–Kier alpha value is -0.410. The molecule has 1 aliphatic rings. The number of aldehydes is 1. The zero-order valence-electron chi connectivity index (χ0n) is 7.10. The molecule has 0 unspecified atom stereocenters. The van der Waals surface area contributed by atoms with E-state index in [0.717, 1.165) is 11.8 Å². The fourth-order valence-electron chi connectivity index (χ4n) is 1.37. The molecule has 0 saturated carbocycles. The Labute approximate surface area is 86.3 Å². The summed E-state index contributed by atoms with van der Waals surface area (Å²) < 4.78 is 0.474. The molecule has 1 heterocycles. The highest BCUT2D eigenvalue weighted by molar-refractivity contribution is 8.19. The second kappa shape index (κ2) is 4.20. The minimum absolute atomic E-state index is 0.474. The fourth-order valence-corrected chi connectivity index (χ4v) is 4.32. The summed E-state index contributed by atoms with van der Waals surface area (Å²) in [6, 6.07) is 7.86. The lowest BCUT2D eigenvalue weighted by Crippen LogP contribution is -1.92. The third-order valence-electron chi connectivity index (χ3n) is 2.00. The minimum atomic E-state index is 0.474. The molecule has 0 spiro atoms. The molecule has 13 heavy (non-hydrogen) atoms. The Morgan fingerprint density at radius 1 is 1.23 bits per heavy atom. The van der Waals surface area contributed by atoms with Crippen LogP contribution in [0.4, 0.5) is 0 Å². The first kappa shape index (κ1) is 9.16. The third-order valence-corrected chi connectivity index (χ3v) is 5.07. The van der Waals surface area contributed by atoms with Gasteiger partial charge in [0.15, 0.2) is 0 Å². The second-order valence-corrected chi connectivity index (χ2v) is 5.54. The number of thioether (sulfide) groups is 2. The summed E-state index contributed by atoms with van der Waals surface area (Å²) in [6.07, 6.45) is 0.953. The lowest BCUT2D eigenvalue weighted by molar-refractivity contribution is 0.112. The highest BCUT2D eigenvalue weighted by Gasteiger charge is 2.20. The van der Waals surface area contributed by atoms with Gasteiger partial charge in [0.05, 0.1) is 4.58 Å².